The van der Waals surface area contributed by atoms with Crippen LogP contribution in [0.5, 0.6) is 0 Å². The molecule has 2 N–H and O–H groups in total. The molecular weight excluding hydrogens is 371 g/mol. The van der Waals surface area contributed by atoms with E-state index in [1.165, 1.54) is 40.9 Å². The minimum absolute atomic E-state index is 0.189. The first-order valence-corrected chi connectivity index (χ1v) is 9.21. The Hall–Kier alpha value is -2.87. The van der Waals surface area contributed by atoms with E-state index in [2.05, 4.69) is 5.32 Å². The first-order chi connectivity index (χ1) is 12.9. The summed E-state index contributed by atoms with van der Waals surface area (Å²) in [6, 6.07) is 11.7. The Bertz CT molecular complexity index is 872. The molecule has 0 spiro atoms. The van der Waals surface area contributed by atoms with Crippen LogP contribution >= 0.6 is 11.8 Å². The molecule has 0 aromatic heterocycles. The molecule has 1 aliphatic heterocycles. The number of anilines is 1. The van der Waals surface area contributed by atoms with Crippen LogP contribution in [-0.2, 0) is 14.4 Å². The second kappa shape index (κ2) is 8.22. The number of thioether (sulfide) groups is 1. The largest absolute Gasteiger partial charge is 0.481 e. The van der Waals surface area contributed by atoms with Crippen molar-refractivity contribution in [2.75, 3.05) is 17.2 Å². The normalized spacial score (nSPS) is 14.4. The van der Waals surface area contributed by atoms with Crippen LogP contribution in [0.2, 0.25) is 0 Å². The number of carboxylic acids is 1. The number of nitrogens with zero attached hydrogens (tertiary/aromatic N) is 1. The molecule has 1 aliphatic rings. The van der Waals surface area contributed by atoms with Gasteiger partial charge >= 0.3 is 5.97 Å². The molecule has 0 radical (unpaired) electrons. The maximum absolute atomic E-state index is 13.1. The van der Waals surface area contributed by atoms with Gasteiger partial charge in [-0.25, -0.2) is 4.39 Å². The highest BCUT2D eigenvalue weighted by atomic mass is 32.2. The summed E-state index contributed by atoms with van der Waals surface area (Å²) in [6.07, 6.45) is -0.349. The fourth-order valence-corrected chi connectivity index (χ4v) is 3.77. The number of halogens is 1. The number of hydrogen-bond acceptors (Lipinski definition) is 4. The predicted octanol–water partition coefficient (Wildman–Crippen LogP) is 2.60. The summed E-state index contributed by atoms with van der Waals surface area (Å²) < 4.78 is 13.1. The van der Waals surface area contributed by atoms with Gasteiger partial charge in [0.05, 0.1) is 23.9 Å². The molecule has 2 amide bonds. The van der Waals surface area contributed by atoms with E-state index in [0.29, 0.717) is 11.3 Å². The van der Waals surface area contributed by atoms with Crippen molar-refractivity contribution in [1.29, 1.82) is 0 Å². The smallest absolute Gasteiger partial charge is 0.305 e. The van der Waals surface area contributed by atoms with Gasteiger partial charge in [-0.2, -0.15) is 0 Å². The number of amides is 2. The van der Waals surface area contributed by atoms with Gasteiger partial charge in [-0.15, -0.1) is 11.8 Å². The second-order valence-corrected chi connectivity index (χ2v) is 7.02. The molecule has 1 heterocycles. The number of fused-ring (bicyclic) bond motifs is 1. The monoisotopic (exact) mass is 388 g/mol. The summed E-state index contributed by atoms with van der Waals surface area (Å²) in [5.41, 5.74) is 1.14. The number of carbonyl (C=O) groups excluding carboxylic acids is 2. The summed E-state index contributed by atoms with van der Waals surface area (Å²) in [4.78, 5) is 38.2. The van der Waals surface area contributed by atoms with E-state index in [1.54, 1.807) is 12.1 Å². The molecule has 0 unspecified atom stereocenters. The van der Waals surface area contributed by atoms with Crippen molar-refractivity contribution >= 4 is 35.2 Å². The van der Waals surface area contributed by atoms with Crippen LogP contribution in [0.15, 0.2) is 53.4 Å². The van der Waals surface area contributed by atoms with E-state index in [1.807, 2.05) is 12.1 Å². The van der Waals surface area contributed by atoms with Crippen molar-refractivity contribution < 1.29 is 23.9 Å². The average Bonchev–Trinajstić information content (AvgIpc) is 2.64. The van der Waals surface area contributed by atoms with Crippen molar-refractivity contribution in [2.24, 2.45) is 0 Å². The van der Waals surface area contributed by atoms with Gasteiger partial charge in [0.25, 0.3) is 0 Å². The van der Waals surface area contributed by atoms with E-state index in [4.69, 9.17) is 5.11 Å². The van der Waals surface area contributed by atoms with Crippen LogP contribution in [0.3, 0.4) is 0 Å². The van der Waals surface area contributed by atoms with E-state index >= 15 is 0 Å². The zero-order valence-electron chi connectivity index (χ0n) is 14.2. The molecular formula is C19H17FN2O4S. The van der Waals surface area contributed by atoms with E-state index < -0.39 is 23.7 Å². The minimum atomic E-state index is -1.10. The number of hydrogen-bond donors (Lipinski definition) is 2. The predicted molar refractivity (Wildman–Crippen MR) is 99.1 cm³/mol. The van der Waals surface area contributed by atoms with E-state index in [-0.39, 0.29) is 24.6 Å². The van der Waals surface area contributed by atoms with Gasteiger partial charge in [0.2, 0.25) is 11.8 Å². The first-order valence-electron chi connectivity index (χ1n) is 8.23. The van der Waals surface area contributed by atoms with Crippen molar-refractivity contribution in [2.45, 2.75) is 17.4 Å². The lowest BCUT2D eigenvalue weighted by molar-refractivity contribution is -0.137. The Morgan fingerprint density at radius 3 is 2.59 bits per heavy atom. The fraction of sp³-hybridized carbons (Fsp3) is 0.211. The van der Waals surface area contributed by atoms with Gasteiger partial charge in [0.15, 0.2) is 0 Å². The molecule has 140 valence electrons. The van der Waals surface area contributed by atoms with Crippen molar-refractivity contribution in [3.63, 3.8) is 0 Å². The summed E-state index contributed by atoms with van der Waals surface area (Å²) in [5, 5.41) is 11.8. The van der Waals surface area contributed by atoms with Crippen LogP contribution in [0, 0.1) is 5.82 Å². The molecule has 0 saturated heterocycles. The van der Waals surface area contributed by atoms with E-state index in [9.17, 15) is 18.8 Å². The molecule has 6 nitrogen and oxygen atoms in total. The Morgan fingerprint density at radius 1 is 1.19 bits per heavy atom. The Kier molecular flexibility index (Phi) is 5.75. The zero-order chi connectivity index (χ0) is 19.4. The third-order valence-electron chi connectivity index (χ3n) is 4.10. The van der Waals surface area contributed by atoms with E-state index in [0.717, 1.165) is 4.90 Å². The molecule has 0 bridgehead atoms. The molecule has 3 rings (SSSR count). The number of para-hydroxylation sites is 1. The molecule has 2 aromatic rings. The highest BCUT2D eigenvalue weighted by Crippen LogP contribution is 2.34. The molecule has 27 heavy (non-hydrogen) atoms. The number of carboxylic acid groups (broad SMARTS) is 1. The minimum Gasteiger partial charge on any atom is -0.481 e. The van der Waals surface area contributed by atoms with Gasteiger partial charge < -0.3 is 15.3 Å². The fourth-order valence-electron chi connectivity index (χ4n) is 2.83. The van der Waals surface area contributed by atoms with Crippen LogP contribution in [0.1, 0.15) is 18.0 Å². The maximum atomic E-state index is 13.1. The first kappa shape index (κ1) is 18.9. The number of aliphatic carboxylic acids is 1. The summed E-state index contributed by atoms with van der Waals surface area (Å²) in [6.45, 7) is -0.215. The maximum Gasteiger partial charge on any atom is 0.305 e. The summed E-state index contributed by atoms with van der Waals surface area (Å²) >= 11 is 1.41. The van der Waals surface area contributed by atoms with Gasteiger partial charge in [0, 0.05) is 4.90 Å². The molecule has 1 atom stereocenters. The van der Waals surface area contributed by atoms with Crippen LogP contribution in [0.25, 0.3) is 0 Å². The van der Waals surface area contributed by atoms with Gasteiger partial charge in [-0.3, -0.25) is 14.4 Å². The second-order valence-electron chi connectivity index (χ2n) is 6.01. The lowest BCUT2D eigenvalue weighted by Crippen LogP contribution is -2.44. The van der Waals surface area contributed by atoms with Crippen molar-refractivity contribution in [3.05, 3.63) is 59.9 Å². The highest BCUT2D eigenvalue weighted by Gasteiger charge is 2.27. The van der Waals surface area contributed by atoms with Gasteiger partial charge in [-0.05, 0) is 29.8 Å². The molecule has 0 saturated carbocycles. The molecule has 0 aliphatic carbocycles. The van der Waals surface area contributed by atoms with Gasteiger partial charge in [0.1, 0.15) is 12.4 Å². The lowest BCUT2D eigenvalue weighted by atomic mass is 10.0. The standard InChI is InChI=1S/C19H17FN2O4S/c20-13-7-5-12(6-8-13)14(9-19(25)26)21-17(23)10-22-15-3-1-2-4-16(15)27-11-18(22)24/h1-8,14H,9-11H2,(H,21,23)(H,25,26)/t14-/m1/s1. The average molecular weight is 388 g/mol. The van der Waals surface area contributed by atoms with Crippen LogP contribution in [-0.4, -0.2) is 35.2 Å². The van der Waals surface area contributed by atoms with Crippen molar-refractivity contribution in [1.82, 2.24) is 5.32 Å². The summed E-state index contributed by atoms with van der Waals surface area (Å²) in [5.74, 6) is -1.99. The topological polar surface area (TPSA) is 86.7 Å². The SMILES string of the molecule is O=C(O)C[C@@H](NC(=O)CN1C(=O)CSc2ccccc21)c1ccc(F)cc1. The number of benzene rings is 2. The third-order valence-corrected chi connectivity index (χ3v) is 5.14. The number of rotatable bonds is 6. The van der Waals surface area contributed by atoms with Crippen LogP contribution in [0.4, 0.5) is 10.1 Å². The number of nitrogens with one attached hydrogen (secondary N) is 1. The molecule has 2 aromatic carbocycles. The lowest BCUT2D eigenvalue weighted by Gasteiger charge is -2.29. The summed E-state index contributed by atoms with van der Waals surface area (Å²) in [7, 11) is 0. The highest BCUT2D eigenvalue weighted by molar-refractivity contribution is 8.00. The zero-order valence-corrected chi connectivity index (χ0v) is 15.0. The third kappa shape index (κ3) is 4.65. The Labute approximate surface area is 159 Å². The quantitative estimate of drug-likeness (QED) is 0.794. The molecule has 0 fully saturated rings. The van der Waals surface area contributed by atoms with Crippen molar-refractivity contribution in [3.8, 4) is 0 Å². The van der Waals surface area contributed by atoms with Crippen LogP contribution < -0.4 is 10.2 Å². The Morgan fingerprint density at radius 2 is 1.89 bits per heavy atom. The molecule has 8 heteroatoms. The Balaban J connectivity index is 1.75. The number of carbonyl (C=O) groups is 3. The van der Waals surface area contributed by atoms with Gasteiger partial charge in [-0.1, -0.05) is 24.3 Å².